The average molecular weight is 295 g/mol. The fraction of sp³-hybridized carbons (Fsp3) is 0.333. The molecule has 1 fully saturated rings. The van der Waals surface area contributed by atoms with E-state index in [1.165, 1.54) is 5.56 Å². The minimum absolute atomic E-state index is 0.201. The van der Waals surface area contributed by atoms with Crippen molar-refractivity contribution in [1.82, 2.24) is 4.90 Å². The number of para-hydroxylation sites is 1. The molecule has 114 valence electrons. The summed E-state index contributed by atoms with van der Waals surface area (Å²) < 4.78 is 0. The Morgan fingerprint density at radius 3 is 2.14 bits per heavy atom. The molecule has 0 aromatic heterocycles. The second kappa shape index (κ2) is 7.18. The topological polar surface area (TPSA) is 35.9 Å². The third-order valence-corrected chi connectivity index (χ3v) is 4.26. The van der Waals surface area contributed by atoms with E-state index in [1.54, 1.807) is 5.01 Å². The monoisotopic (exact) mass is 295 g/mol. The number of benzene rings is 2. The van der Waals surface area contributed by atoms with Gasteiger partial charge in [0.15, 0.2) is 0 Å². The van der Waals surface area contributed by atoms with E-state index in [4.69, 9.17) is 0 Å². The van der Waals surface area contributed by atoms with E-state index < -0.39 is 0 Å². The van der Waals surface area contributed by atoms with Gasteiger partial charge >= 0.3 is 0 Å². The smallest absolute Gasteiger partial charge is 0.0629 e. The zero-order valence-electron chi connectivity index (χ0n) is 12.6. The fourth-order valence-corrected chi connectivity index (χ4v) is 3.07. The molecule has 0 saturated carbocycles. The van der Waals surface area contributed by atoms with Gasteiger partial charge in [-0.1, -0.05) is 48.5 Å². The number of hydrogen-bond donors (Lipinski definition) is 0. The van der Waals surface area contributed by atoms with Crippen LogP contribution in [0.25, 0.3) is 0 Å². The third-order valence-electron chi connectivity index (χ3n) is 4.26. The number of nitroso groups, excluding NO2 is 1. The van der Waals surface area contributed by atoms with Crippen LogP contribution in [0.4, 0.5) is 5.69 Å². The van der Waals surface area contributed by atoms with E-state index in [-0.39, 0.29) is 6.04 Å². The van der Waals surface area contributed by atoms with Gasteiger partial charge in [-0.2, -0.15) is 0 Å². The molecule has 0 radical (unpaired) electrons. The van der Waals surface area contributed by atoms with Crippen molar-refractivity contribution >= 4 is 5.69 Å². The predicted molar refractivity (Wildman–Crippen MR) is 89.5 cm³/mol. The number of piperidine rings is 1. The highest BCUT2D eigenvalue weighted by atomic mass is 16.3. The Hall–Kier alpha value is -2.20. The standard InChI is InChI=1S/C18H21N3O/c22-19-21(17-9-5-2-6-10-17)18-11-13-20(14-12-18)15-16-7-3-1-4-8-16/h1-10,18H,11-15H2. The van der Waals surface area contributed by atoms with Crippen LogP contribution >= 0.6 is 0 Å². The summed E-state index contributed by atoms with van der Waals surface area (Å²) in [6.07, 6.45) is 1.93. The van der Waals surface area contributed by atoms with Crippen molar-refractivity contribution in [2.75, 3.05) is 18.1 Å². The van der Waals surface area contributed by atoms with Gasteiger partial charge in [-0.3, -0.25) is 4.90 Å². The Labute approximate surface area is 131 Å². The van der Waals surface area contributed by atoms with Crippen LogP contribution in [0.1, 0.15) is 18.4 Å². The molecule has 4 heteroatoms. The number of likely N-dealkylation sites (tertiary alicyclic amines) is 1. The molecule has 0 atom stereocenters. The molecule has 0 unspecified atom stereocenters. The summed E-state index contributed by atoms with van der Waals surface area (Å²) in [5.41, 5.74) is 2.23. The first kappa shape index (κ1) is 14.7. The normalized spacial score (nSPS) is 16.4. The van der Waals surface area contributed by atoms with Gasteiger partial charge in [-0.15, -0.1) is 4.91 Å². The Kier molecular flexibility index (Phi) is 4.81. The highest BCUT2D eigenvalue weighted by Gasteiger charge is 2.25. The van der Waals surface area contributed by atoms with Crippen molar-refractivity contribution in [3.05, 3.63) is 71.1 Å². The molecule has 0 spiro atoms. The summed E-state index contributed by atoms with van der Waals surface area (Å²) in [7, 11) is 0. The molecule has 3 rings (SSSR count). The lowest BCUT2D eigenvalue weighted by molar-refractivity contribution is 0.201. The Balaban J connectivity index is 1.58. The first-order valence-corrected chi connectivity index (χ1v) is 7.80. The van der Waals surface area contributed by atoms with Crippen LogP contribution in [-0.4, -0.2) is 24.0 Å². The van der Waals surface area contributed by atoms with E-state index in [0.29, 0.717) is 0 Å². The summed E-state index contributed by atoms with van der Waals surface area (Å²) in [6, 6.07) is 20.5. The van der Waals surface area contributed by atoms with Crippen LogP contribution in [0.5, 0.6) is 0 Å². The second-order valence-electron chi connectivity index (χ2n) is 5.75. The first-order valence-electron chi connectivity index (χ1n) is 7.80. The van der Waals surface area contributed by atoms with Crippen molar-refractivity contribution in [1.29, 1.82) is 0 Å². The summed E-state index contributed by atoms with van der Waals surface area (Å²) in [5, 5.41) is 4.89. The maximum Gasteiger partial charge on any atom is 0.0629 e. The number of hydrogen-bond acceptors (Lipinski definition) is 3. The molecule has 0 aliphatic carbocycles. The quantitative estimate of drug-likeness (QED) is 0.621. The van der Waals surface area contributed by atoms with Gasteiger partial charge in [-0.25, -0.2) is 5.01 Å². The van der Waals surface area contributed by atoms with Crippen LogP contribution in [0.3, 0.4) is 0 Å². The first-order chi connectivity index (χ1) is 10.9. The third kappa shape index (κ3) is 3.52. The van der Waals surface area contributed by atoms with Gasteiger partial charge in [0.2, 0.25) is 0 Å². The largest absolute Gasteiger partial charge is 0.299 e. The Morgan fingerprint density at radius 1 is 0.955 bits per heavy atom. The molecule has 0 amide bonds. The van der Waals surface area contributed by atoms with Gasteiger partial charge in [0.25, 0.3) is 0 Å². The van der Waals surface area contributed by atoms with Crippen molar-refractivity contribution in [2.45, 2.75) is 25.4 Å². The van der Waals surface area contributed by atoms with Crippen molar-refractivity contribution in [3.63, 3.8) is 0 Å². The van der Waals surface area contributed by atoms with E-state index in [1.807, 2.05) is 36.4 Å². The van der Waals surface area contributed by atoms with Crippen LogP contribution in [-0.2, 0) is 6.54 Å². The van der Waals surface area contributed by atoms with E-state index >= 15 is 0 Å². The summed E-state index contributed by atoms with van der Waals surface area (Å²) in [6.45, 7) is 2.98. The molecule has 4 nitrogen and oxygen atoms in total. The van der Waals surface area contributed by atoms with Crippen LogP contribution < -0.4 is 5.01 Å². The van der Waals surface area contributed by atoms with Gasteiger partial charge < -0.3 is 0 Å². The summed E-state index contributed by atoms with van der Waals surface area (Å²) in [5.74, 6) is 0. The van der Waals surface area contributed by atoms with E-state index in [0.717, 1.165) is 38.2 Å². The van der Waals surface area contributed by atoms with E-state index in [9.17, 15) is 4.91 Å². The van der Waals surface area contributed by atoms with Crippen molar-refractivity contribution < 1.29 is 0 Å². The molecule has 22 heavy (non-hydrogen) atoms. The molecule has 1 aliphatic rings. The fourth-order valence-electron chi connectivity index (χ4n) is 3.07. The average Bonchev–Trinajstić information content (AvgIpc) is 2.59. The van der Waals surface area contributed by atoms with Gasteiger partial charge in [0.05, 0.1) is 17.0 Å². The number of rotatable bonds is 5. The molecule has 0 bridgehead atoms. The Morgan fingerprint density at radius 2 is 1.55 bits per heavy atom. The van der Waals surface area contributed by atoms with Gasteiger partial charge in [0.1, 0.15) is 0 Å². The molecule has 2 aromatic carbocycles. The molecule has 2 aromatic rings. The van der Waals surface area contributed by atoms with Crippen molar-refractivity contribution in [2.24, 2.45) is 5.29 Å². The summed E-state index contributed by atoms with van der Waals surface area (Å²) >= 11 is 0. The number of nitrogens with zero attached hydrogens (tertiary/aromatic N) is 3. The van der Waals surface area contributed by atoms with Gasteiger partial charge in [-0.05, 0) is 30.5 Å². The highest BCUT2D eigenvalue weighted by molar-refractivity contribution is 5.46. The second-order valence-corrected chi connectivity index (χ2v) is 5.75. The molecule has 0 N–H and O–H groups in total. The lowest BCUT2D eigenvalue weighted by Crippen LogP contribution is -2.42. The zero-order valence-corrected chi connectivity index (χ0v) is 12.6. The summed E-state index contributed by atoms with van der Waals surface area (Å²) in [4.78, 5) is 13.7. The van der Waals surface area contributed by atoms with Crippen molar-refractivity contribution in [3.8, 4) is 0 Å². The SMILES string of the molecule is O=NN(c1ccccc1)C1CCN(Cc2ccccc2)CC1. The molecule has 1 aliphatic heterocycles. The molecular formula is C18H21N3O. The highest BCUT2D eigenvalue weighted by Crippen LogP contribution is 2.24. The molecule has 1 heterocycles. The Bertz CT molecular complexity index is 580. The minimum Gasteiger partial charge on any atom is -0.299 e. The number of anilines is 1. The van der Waals surface area contributed by atoms with Crippen LogP contribution in [0, 0.1) is 4.91 Å². The maximum absolute atomic E-state index is 11.2. The van der Waals surface area contributed by atoms with Crippen LogP contribution in [0.2, 0.25) is 0 Å². The predicted octanol–water partition coefficient (Wildman–Crippen LogP) is 3.84. The van der Waals surface area contributed by atoms with Gasteiger partial charge in [0, 0.05) is 19.6 Å². The lowest BCUT2D eigenvalue weighted by atomic mass is 10.0. The molecular weight excluding hydrogens is 274 g/mol. The zero-order chi connectivity index (χ0) is 15.2. The molecule has 1 saturated heterocycles. The van der Waals surface area contributed by atoms with Crippen LogP contribution in [0.15, 0.2) is 65.9 Å². The maximum atomic E-state index is 11.2. The lowest BCUT2D eigenvalue weighted by Gasteiger charge is -2.35. The minimum atomic E-state index is 0.201. The van der Waals surface area contributed by atoms with E-state index in [2.05, 4.69) is 34.5 Å².